The number of carbonyl (C=O) groups excluding carboxylic acids is 1. The van der Waals surface area contributed by atoms with E-state index in [2.05, 4.69) is 28.5 Å². The largest absolute Gasteiger partial charge is 0.494 e. The smallest absolute Gasteiger partial charge is 0.234 e. The van der Waals surface area contributed by atoms with Crippen molar-refractivity contribution >= 4 is 23.4 Å². The van der Waals surface area contributed by atoms with Crippen LogP contribution in [-0.2, 0) is 4.79 Å². The van der Waals surface area contributed by atoms with Gasteiger partial charge < -0.3 is 10.1 Å². The Balaban J connectivity index is 1.53. The van der Waals surface area contributed by atoms with Crippen LogP contribution in [0.5, 0.6) is 5.75 Å². The average Bonchev–Trinajstić information content (AvgIpc) is 3.24. The summed E-state index contributed by atoms with van der Waals surface area (Å²) in [7, 11) is 0. The van der Waals surface area contributed by atoms with Gasteiger partial charge in [0.15, 0.2) is 11.0 Å². The van der Waals surface area contributed by atoms with Crippen molar-refractivity contribution in [3.8, 4) is 22.8 Å². The minimum absolute atomic E-state index is 0.112. The summed E-state index contributed by atoms with van der Waals surface area (Å²) < 4.78 is 7.44. The van der Waals surface area contributed by atoms with E-state index in [1.54, 1.807) is 0 Å². The predicted molar refractivity (Wildman–Crippen MR) is 128 cm³/mol. The van der Waals surface area contributed by atoms with E-state index in [0.29, 0.717) is 11.8 Å². The van der Waals surface area contributed by atoms with Gasteiger partial charge in [0.2, 0.25) is 5.91 Å². The number of anilines is 1. The highest BCUT2D eigenvalue weighted by atomic mass is 32.2. The third-order valence-corrected chi connectivity index (χ3v) is 5.74. The van der Waals surface area contributed by atoms with Crippen molar-refractivity contribution in [2.45, 2.75) is 19.0 Å². The zero-order chi connectivity index (χ0) is 22.3. The number of hydrogen-bond donors (Lipinski definition) is 1. The van der Waals surface area contributed by atoms with Gasteiger partial charge in [-0.2, -0.15) is 0 Å². The van der Waals surface area contributed by atoms with Gasteiger partial charge in [-0.3, -0.25) is 9.36 Å². The van der Waals surface area contributed by atoms with E-state index in [-0.39, 0.29) is 11.7 Å². The maximum Gasteiger partial charge on any atom is 0.234 e. The number of thioether (sulfide) groups is 1. The lowest BCUT2D eigenvalue weighted by atomic mass is 10.1. The van der Waals surface area contributed by atoms with Gasteiger partial charge in [0, 0.05) is 16.9 Å². The van der Waals surface area contributed by atoms with Crippen LogP contribution in [0.2, 0.25) is 0 Å². The van der Waals surface area contributed by atoms with Crippen molar-refractivity contribution in [2.75, 3.05) is 17.7 Å². The van der Waals surface area contributed by atoms with Gasteiger partial charge in [0.25, 0.3) is 0 Å². The lowest BCUT2D eigenvalue weighted by molar-refractivity contribution is -0.113. The maximum atomic E-state index is 12.6. The number of aromatic nitrogens is 3. The SMILES string of the molecule is CCOc1ccc(NC(=O)CSc2nnc(-c3ccccc3C)n2-c2ccccc2)cc1. The van der Waals surface area contributed by atoms with Gasteiger partial charge >= 0.3 is 0 Å². The molecular formula is C25H24N4O2S. The molecule has 0 bridgehead atoms. The fraction of sp³-hybridized carbons (Fsp3) is 0.160. The molecule has 0 saturated heterocycles. The Kier molecular flexibility index (Phi) is 6.87. The van der Waals surface area contributed by atoms with Crippen LogP contribution in [0.15, 0.2) is 84.0 Å². The van der Waals surface area contributed by atoms with Crippen LogP contribution in [0.3, 0.4) is 0 Å². The molecule has 0 atom stereocenters. The molecule has 0 aliphatic rings. The number of rotatable bonds is 8. The number of benzene rings is 3. The molecule has 1 N–H and O–H groups in total. The molecule has 0 fully saturated rings. The summed E-state index contributed by atoms with van der Waals surface area (Å²) in [5.74, 6) is 1.63. The zero-order valence-electron chi connectivity index (χ0n) is 18.0. The number of aryl methyl sites for hydroxylation is 1. The van der Waals surface area contributed by atoms with Gasteiger partial charge in [-0.1, -0.05) is 54.2 Å². The number of nitrogens with one attached hydrogen (secondary N) is 1. The molecule has 3 aromatic carbocycles. The second-order valence-electron chi connectivity index (χ2n) is 7.09. The summed E-state index contributed by atoms with van der Waals surface area (Å²) in [6, 6.07) is 25.4. The Morgan fingerprint density at radius 1 is 0.969 bits per heavy atom. The molecule has 1 aromatic heterocycles. The lowest BCUT2D eigenvalue weighted by Gasteiger charge is -2.12. The van der Waals surface area contributed by atoms with Crippen LogP contribution in [0, 0.1) is 6.92 Å². The highest BCUT2D eigenvalue weighted by Crippen LogP contribution is 2.29. The third-order valence-electron chi connectivity index (χ3n) is 4.82. The monoisotopic (exact) mass is 444 g/mol. The normalized spacial score (nSPS) is 10.7. The van der Waals surface area contributed by atoms with Crippen LogP contribution in [-0.4, -0.2) is 33.0 Å². The van der Waals surface area contributed by atoms with Crippen molar-refractivity contribution in [2.24, 2.45) is 0 Å². The summed E-state index contributed by atoms with van der Waals surface area (Å²) in [5.41, 5.74) is 3.80. The Bertz CT molecular complexity index is 1190. The fourth-order valence-corrected chi connectivity index (χ4v) is 4.05. The number of ether oxygens (including phenoxy) is 1. The van der Waals surface area contributed by atoms with Crippen molar-refractivity contribution in [3.05, 3.63) is 84.4 Å². The number of carbonyl (C=O) groups is 1. The molecule has 0 unspecified atom stereocenters. The molecule has 7 heteroatoms. The first kappa shape index (κ1) is 21.6. The van der Waals surface area contributed by atoms with E-state index < -0.39 is 0 Å². The van der Waals surface area contributed by atoms with E-state index in [1.165, 1.54) is 11.8 Å². The van der Waals surface area contributed by atoms with E-state index in [9.17, 15) is 4.79 Å². The quantitative estimate of drug-likeness (QED) is 0.370. The molecule has 4 aromatic rings. The molecular weight excluding hydrogens is 420 g/mol. The summed E-state index contributed by atoms with van der Waals surface area (Å²) in [6.07, 6.45) is 0. The zero-order valence-corrected chi connectivity index (χ0v) is 18.8. The lowest BCUT2D eigenvalue weighted by Crippen LogP contribution is -2.14. The van der Waals surface area contributed by atoms with E-state index in [4.69, 9.17) is 4.74 Å². The van der Waals surface area contributed by atoms with Crippen molar-refractivity contribution in [1.29, 1.82) is 0 Å². The first-order valence-corrected chi connectivity index (χ1v) is 11.4. The van der Waals surface area contributed by atoms with Gasteiger partial charge in [0.1, 0.15) is 5.75 Å². The second-order valence-corrected chi connectivity index (χ2v) is 8.03. The molecule has 0 aliphatic carbocycles. The molecule has 6 nitrogen and oxygen atoms in total. The Morgan fingerprint density at radius 3 is 2.41 bits per heavy atom. The molecule has 0 radical (unpaired) electrons. The van der Waals surface area contributed by atoms with Crippen LogP contribution in [0.4, 0.5) is 5.69 Å². The molecule has 162 valence electrons. The minimum atomic E-state index is -0.112. The average molecular weight is 445 g/mol. The van der Waals surface area contributed by atoms with Crippen LogP contribution in [0.1, 0.15) is 12.5 Å². The highest BCUT2D eigenvalue weighted by Gasteiger charge is 2.18. The van der Waals surface area contributed by atoms with Crippen molar-refractivity contribution in [1.82, 2.24) is 14.8 Å². The van der Waals surface area contributed by atoms with E-state index in [0.717, 1.165) is 34.1 Å². The van der Waals surface area contributed by atoms with Crippen LogP contribution >= 0.6 is 11.8 Å². The Hall–Kier alpha value is -3.58. The topological polar surface area (TPSA) is 69.0 Å². The summed E-state index contributed by atoms with van der Waals surface area (Å²) >= 11 is 1.35. The maximum absolute atomic E-state index is 12.6. The van der Waals surface area contributed by atoms with E-state index in [1.807, 2.05) is 84.3 Å². The summed E-state index contributed by atoms with van der Waals surface area (Å²) in [6.45, 7) is 4.59. The number of para-hydroxylation sites is 1. The fourth-order valence-electron chi connectivity index (χ4n) is 3.30. The minimum Gasteiger partial charge on any atom is -0.494 e. The molecule has 0 saturated carbocycles. The van der Waals surface area contributed by atoms with Gasteiger partial charge in [-0.05, 0) is 55.8 Å². The Labute approximate surface area is 191 Å². The molecule has 1 heterocycles. The predicted octanol–water partition coefficient (Wildman–Crippen LogP) is 5.37. The number of nitrogens with zero attached hydrogens (tertiary/aromatic N) is 3. The number of hydrogen-bond acceptors (Lipinski definition) is 5. The molecule has 1 amide bonds. The Morgan fingerprint density at radius 2 is 1.69 bits per heavy atom. The summed E-state index contributed by atoms with van der Waals surface area (Å²) in [5, 5.41) is 12.4. The van der Waals surface area contributed by atoms with Crippen molar-refractivity contribution < 1.29 is 9.53 Å². The first-order valence-electron chi connectivity index (χ1n) is 10.4. The highest BCUT2D eigenvalue weighted by molar-refractivity contribution is 7.99. The molecule has 4 rings (SSSR count). The van der Waals surface area contributed by atoms with Gasteiger partial charge in [-0.15, -0.1) is 10.2 Å². The van der Waals surface area contributed by atoms with Crippen LogP contribution in [0.25, 0.3) is 17.1 Å². The standard InChI is InChI=1S/C25H24N4O2S/c1-3-31-21-15-13-19(14-16-21)26-23(30)17-32-25-28-27-24(22-12-8-7-9-18(22)2)29(25)20-10-5-4-6-11-20/h4-16H,3,17H2,1-2H3,(H,26,30). The first-order chi connectivity index (χ1) is 15.7. The summed E-state index contributed by atoms with van der Waals surface area (Å²) in [4.78, 5) is 12.6. The van der Waals surface area contributed by atoms with Gasteiger partial charge in [-0.25, -0.2) is 0 Å². The van der Waals surface area contributed by atoms with E-state index >= 15 is 0 Å². The van der Waals surface area contributed by atoms with Gasteiger partial charge in [0.05, 0.1) is 12.4 Å². The molecule has 32 heavy (non-hydrogen) atoms. The molecule has 0 spiro atoms. The number of amides is 1. The van der Waals surface area contributed by atoms with Crippen LogP contribution < -0.4 is 10.1 Å². The third kappa shape index (κ3) is 5.00. The molecule has 0 aliphatic heterocycles. The van der Waals surface area contributed by atoms with Crippen molar-refractivity contribution in [3.63, 3.8) is 0 Å². The second kappa shape index (κ2) is 10.2.